The number of carbonyl (C=O) groups is 1. The number of para-hydroxylation sites is 2. The highest BCUT2D eigenvalue weighted by atomic mass is 16.5. The number of aryl methyl sites for hydroxylation is 2. The van der Waals surface area contributed by atoms with Gasteiger partial charge in [0.2, 0.25) is 0 Å². The molecule has 3 heterocycles. The third kappa shape index (κ3) is 5.01. The Labute approximate surface area is 184 Å². The molecule has 4 rings (SSSR count). The van der Waals surface area contributed by atoms with Crippen LogP contribution in [-0.2, 0) is 16.1 Å². The van der Waals surface area contributed by atoms with Crippen LogP contribution in [0.3, 0.4) is 0 Å². The third-order valence-corrected chi connectivity index (χ3v) is 6.08. The number of fused-ring (bicyclic) bond motifs is 1. The Kier molecular flexibility index (Phi) is 7.06. The number of piperazine rings is 1. The maximum Gasteiger partial charge on any atom is 0.251 e. The van der Waals surface area contributed by atoms with Crippen molar-refractivity contribution in [2.45, 2.75) is 45.8 Å². The number of hydrogen-bond acceptors (Lipinski definition) is 4. The summed E-state index contributed by atoms with van der Waals surface area (Å²) >= 11 is 0. The molecular formula is C23H34N6O2. The molecule has 2 aliphatic heterocycles. The molecule has 1 atom stereocenters. The Hall–Kier alpha value is -2.61. The van der Waals surface area contributed by atoms with Crippen molar-refractivity contribution in [3.8, 4) is 0 Å². The van der Waals surface area contributed by atoms with Crippen LogP contribution in [0, 0.1) is 6.92 Å². The number of hydrogen-bond donors (Lipinski definition) is 1. The number of benzene rings is 1. The monoisotopic (exact) mass is 426 g/mol. The molecule has 0 saturated carbocycles. The molecule has 2 aliphatic rings. The van der Waals surface area contributed by atoms with E-state index in [1.165, 1.54) is 5.52 Å². The van der Waals surface area contributed by atoms with E-state index in [1.54, 1.807) is 0 Å². The van der Waals surface area contributed by atoms with E-state index >= 15 is 0 Å². The average molecular weight is 427 g/mol. The van der Waals surface area contributed by atoms with Crippen LogP contribution in [-0.4, -0.2) is 83.2 Å². The van der Waals surface area contributed by atoms with E-state index in [2.05, 4.69) is 51.8 Å². The Morgan fingerprint density at radius 2 is 2.00 bits per heavy atom. The van der Waals surface area contributed by atoms with Gasteiger partial charge in [0.15, 0.2) is 5.96 Å². The van der Waals surface area contributed by atoms with Crippen molar-refractivity contribution in [3.63, 3.8) is 0 Å². The molecule has 0 spiro atoms. The first-order chi connectivity index (χ1) is 15.2. The number of aromatic nitrogens is 2. The predicted molar refractivity (Wildman–Crippen MR) is 122 cm³/mol. The molecule has 2 fully saturated rings. The molecule has 1 unspecified atom stereocenters. The highest BCUT2D eigenvalue weighted by molar-refractivity contribution is 5.83. The lowest BCUT2D eigenvalue weighted by atomic mass is 10.2. The summed E-state index contributed by atoms with van der Waals surface area (Å²) in [7, 11) is 0. The van der Waals surface area contributed by atoms with Crippen LogP contribution in [0.25, 0.3) is 11.0 Å². The number of aliphatic imine (C=N–C) groups is 1. The quantitative estimate of drug-likeness (QED) is 0.435. The summed E-state index contributed by atoms with van der Waals surface area (Å²) in [6.45, 7) is 10.4. The van der Waals surface area contributed by atoms with Crippen LogP contribution in [0.4, 0.5) is 0 Å². The van der Waals surface area contributed by atoms with Gasteiger partial charge in [-0.2, -0.15) is 0 Å². The second-order valence-corrected chi connectivity index (χ2v) is 8.20. The molecule has 0 bridgehead atoms. The van der Waals surface area contributed by atoms with Gasteiger partial charge in [0.25, 0.3) is 5.91 Å². The van der Waals surface area contributed by atoms with Crippen molar-refractivity contribution in [1.82, 2.24) is 24.7 Å². The topological polar surface area (TPSA) is 75.0 Å². The standard InChI is InChI=1S/C23H34N6O2/c1-3-24-23(28-15-13-27(14-16-28)22(30)21-10-6-17-31-21)25-11-7-12-29-18(2)26-19-8-4-5-9-20(19)29/h4-5,8-9,21H,3,6-7,10-17H2,1-2H3,(H,24,25). The zero-order valence-electron chi connectivity index (χ0n) is 18.7. The minimum atomic E-state index is -0.226. The van der Waals surface area contributed by atoms with Gasteiger partial charge in [-0.05, 0) is 45.2 Å². The van der Waals surface area contributed by atoms with Gasteiger partial charge in [-0.15, -0.1) is 0 Å². The normalized spacial score (nSPS) is 19.9. The molecule has 1 aromatic heterocycles. The predicted octanol–water partition coefficient (Wildman–Crippen LogP) is 2.02. The van der Waals surface area contributed by atoms with E-state index < -0.39 is 0 Å². The lowest BCUT2D eigenvalue weighted by Gasteiger charge is -2.37. The molecule has 31 heavy (non-hydrogen) atoms. The molecule has 2 saturated heterocycles. The van der Waals surface area contributed by atoms with E-state index in [0.29, 0.717) is 6.61 Å². The maximum atomic E-state index is 12.6. The Bertz CT molecular complexity index is 910. The molecule has 1 amide bonds. The number of ether oxygens (including phenoxy) is 1. The fraction of sp³-hybridized carbons (Fsp3) is 0.609. The number of carbonyl (C=O) groups excluding carboxylic acids is 1. The highest BCUT2D eigenvalue weighted by Gasteiger charge is 2.30. The van der Waals surface area contributed by atoms with Crippen molar-refractivity contribution in [2.75, 3.05) is 45.9 Å². The van der Waals surface area contributed by atoms with E-state index in [4.69, 9.17) is 9.73 Å². The van der Waals surface area contributed by atoms with Gasteiger partial charge in [-0.3, -0.25) is 9.79 Å². The van der Waals surface area contributed by atoms with Crippen LogP contribution in [0.5, 0.6) is 0 Å². The summed E-state index contributed by atoms with van der Waals surface area (Å²) in [5.41, 5.74) is 2.23. The van der Waals surface area contributed by atoms with E-state index in [0.717, 1.165) is 82.4 Å². The summed E-state index contributed by atoms with van der Waals surface area (Å²) in [6.07, 6.45) is 2.57. The lowest BCUT2D eigenvalue weighted by Crippen LogP contribution is -2.55. The van der Waals surface area contributed by atoms with Crippen molar-refractivity contribution in [1.29, 1.82) is 0 Å². The van der Waals surface area contributed by atoms with E-state index in [9.17, 15) is 4.79 Å². The van der Waals surface area contributed by atoms with Crippen LogP contribution < -0.4 is 5.32 Å². The second kappa shape index (κ2) is 10.1. The average Bonchev–Trinajstić information content (AvgIpc) is 3.43. The SMILES string of the molecule is CCNC(=NCCCn1c(C)nc2ccccc21)N1CCN(C(=O)C2CCCO2)CC1. The van der Waals surface area contributed by atoms with Gasteiger partial charge in [0, 0.05) is 52.4 Å². The molecule has 1 N–H and O–H groups in total. The van der Waals surface area contributed by atoms with Crippen molar-refractivity contribution >= 4 is 22.9 Å². The van der Waals surface area contributed by atoms with E-state index in [1.807, 2.05) is 11.0 Å². The number of guanidine groups is 1. The zero-order chi connectivity index (χ0) is 21.6. The summed E-state index contributed by atoms with van der Waals surface area (Å²) in [5, 5.41) is 3.41. The summed E-state index contributed by atoms with van der Waals surface area (Å²) < 4.78 is 7.84. The summed E-state index contributed by atoms with van der Waals surface area (Å²) in [4.78, 5) is 26.3. The summed E-state index contributed by atoms with van der Waals surface area (Å²) in [5.74, 6) is 2.14. The maximum absolute atomic E-state index is 12.6. The first-order valence-corrected chi connectivity index (χ1v) is 11.5. The first kappa shape index (κ1) is 21.6. The number of amides is 1. The fourth-order valence-corrected chi connectivity index (χ4v) is 4.43. The zero-order valence-corrected chi connectivity index (χ0v) is 18.7. The fourth-order valence-electron chi connectivity index (χ4n) is 4.43. The molecular weight excluding hydrogens is 392 g/mol. The van der Waals surface area contributed by atoms with Gasteiger partial charge < -0.3 is 24.4 Å². The van der Waals surface area contributed by atoms with Gasteiger partial charge >= 0.3 is 0 Å². The van der Waals surface area contributed by atoms with Gasteiger partial charge in [0.1, 0.15) is 11.9 Å². The molecule has 168 valence electrons. The van der Waals surface area contributed by atoms with Crippen molar-refractivity contribution < 1.29 is 9.53 Å². The minimum absolute atomic E-state index is 0.155. The molecule has 1 aromatic carbocycles. The largest absolute Gasteiger partial charge is 0.368 e. The van der Waals surface area contributed by atoms with Crippen LogP contribution in [0.1, 0.15) is 32.0 Å². The molecule has 8 nitrogen and oxygen atoms in total. The van der Waals surface area contributed by atoms with Crippen molar-refractivity contribution in [3.05, 3.63) is 30.1 Å². The van der Waals surface area contributed by atoms with Gasteiger partial charge in [0.05, 0.1) is 11.0 Å². The molecule has 8 heteroatoms. The molecule has 0 radical (unpaired) electrons. The lowest BCUT2D eigenvalue weighted by molar-refractivity contribution is -0.142. The smallest absolute Gasteiger partial charge is 0.251 e. The highest BCUT2D eigenvalue weighted by Crippen LogP contribution is 2.17. The summed E-state index contributed by atoms with van der Waals surface area (Å²) in [6, 6.07) is 8.27. The first-order valence-electron chi connectivity index (χ1n) is 11.5. The molecule has 2 aromatic rings. The Morgan fingerprint density at radius 3 is 2.74 bits per heavy atom. The third-order valence-electron chi connectivity index (χ3n) is 6.08. The number of nitrogens with one attached hydrogen (secondary N) is 1. The number of nitrogens with zero attached hydrogens (tertiary/aromatic N) is 5. The van der Waals surface area contributed by atoms with Gasteiger partial charge in [-0.25, -0.2) is 4.98 Å². The van der Waals surface area contributed by atoms with Gasteiger partial charge in [-0.1, -0.05) is 12.1 Å². The van der Waals surface area contributed by atoms with E-state index in [-0.39, 0.29) is 12.0 Å². The second-order valence-electron chi connectivity index (χ2n) is 8.20. The van der Waals surface area contributed by atoms with Crippen molar-refractivity contribution in [2.24, 2.45) is 4.99 Å². The van der Waals surface area contributed by atoms with Crippen LogP contribution >= 0.6 is 0 Å². The minimum Gasteiger partial charge on any atom is -0.368 e. The Balaban J connectivity index is 1.30. The van der Waals surface area contributed by atoms with Crippen LogP contribution in [0.15, 0.2) is 29.3 Å². The molecule has 0 aliphatic carbocycles. The number of imidazole rings is 1. The number of rotatable bonds is 6. The van der Waals surface area contributed by atoms with Crippen LogP contribution in [0.2, 0.25) is 0 Å². The Morgan fingerprint density at radius 1 is 1.23 bits per heavy atom.